The van der Waals surface area contributed by atoms with E-state index >= 15 is 0 Å². The number of hydrogen-bond acceptors (Lipinski definition) is 9. The number of nitrogens with two attached hydrogens (primary N) is 1. The molecule has 0 saturated carbocycles. The van der Waals surface area contributed by atoms with Crippen molar-refractivity contribution in [3.63, 3.8) is 0 Å². The first kappa shape index (κ1) is 24.6. The van der Waals surface area contributed by atoms with Crippen LogP contribution in [0.4, 0.5) is 23.4 Å². The van der Waals surface area contributed by atoms with Crippen LogP contribution in [0, 0.1) is 11.3 Å². The number of anilines is 4. The summed E-state index contributed by atoms with van der Waals surface area (Å²) < 4.78 is 0.970. The Hall–Kier alpha value is -4.56. The highest BCUT2D eigenvalue weighted by atomic mass is 79.9. The molecule has 2 heterocycles. The van der Waals surface area contributed by atoms with Crippen molar-refractivity contribution >= 4 is 45.7 Å². The monoisotopic (exact) mass is 543 g/mol. The molecule has 11 heteroatoms. The van der Waals surface area contributed by atoms with E-state index in [0.717, 1.165) is 33.4 Å². The molecule has 0 aliphatic carbocycles. The largest absolute Gasteiger partial charge is 0.382 e. The summed E-state index contributed by atoms with van der Waals surface area (Å²) in [4.78, 5) is 30.3. The van der Waals surface area contributed by atoms with Gasteiger partial charge in [-0.1, -0.05) is 40.2 Å². The van der Waals surface area contributed by atoms with E-state index in [-0.39, 0.29) is 11.4 Å². The molecule has 4 N–H and O–H groups in total. The third-order valence-corrected chi connectivity index (χ3v) is 5.64. The number of halogens is 1. The van der Waals surface area contributed by atoms with E-state index in [1.807, 2.05) is 60.7 Å². The van der Waals surface area contributed by atoms with Crippen LogP contribution in [-0.2, 0) is 11.3 Å². The molecule has 0 fully saturated rings. The summed E-state index contributed by atoms with van der Waals surface area (Å²) in [5.41, 5.74) is 9.40. The Morgan fingerprint density at radius 2 is 1.78 bits per heavy atom. The van der Waals surface area contributed by atoms with Gasteiger partial charge in [-0.3, -0.25) is 4.79 Å². The Morgan fingerprint density at radius 3 is 2.44 bits per heavy atom. The molecule has 180 valence electrons. The van der Waals surface area contributed by atoms with Crippen molar-refractivity contribution in [1.29, 1.82) is 5.26 Å². The molecule has 0 saturated heterocycles. The third kappa shape index (κ3) is 6.31. The number of amides is 1. The van der Waals surface area contributed by atoms with Gasteiger partial charge in [-0.25, -0.2) is 15.0 Å². The lowest BCUT2D eigenvalue weighted by Crippen LogP contribution is -2.20. The summed E-state index contributed by atoms with van der Waals surface area (Å²) >= 11 is 3.46. The van der Waals surface area contributed by atoms with E-state index in [0.29, 0.717) is 31.5 Å². The molecule has 10 nitrogen and oxygen atoms in total. The molecule has 2 aromatic heterocycles. The van der Waals surface area contributed by atoms with Crippen LogP contribution in [0.2, 0.25) is 0 Å². The number of nitrogens with zero attached hydrogens (tertiary/aromatic N) is 6. The standard InChI is InChI=1S/C25H22BrN9O/c26-20-3-1-2-17(12-20)15-35(16-36)21-6-4-18(5-7-21)22-8-9-29-24(33-22)30-10-11-31-25-32-14-19(13-27)23(28)34-25/h1-9,12,14,16H,10-11,15H2,(H,29,30,33)(H3,28,31,32,34). The van der Waals surface area contributed by atoms with E-state index in [1.54, 1.807) is 11.1 Å². The smallest absolute Gasteiger partial charge is 0.224 e. The molecular formula is C25H22BrN9O. The van der Waals surface area contributed by atoms with Gasteiger partial charge in [0.15, 0.2) is 0 Å². The van der Waals surface area contributed by atoms with E-state index in [2.05, 4.69) is 46.5 Å². The number of nitrogens with one attached hydrogen (secondary N) is 2. The van der Waals surface area contributed by atoms with Crippen molar-refractivity contribution in [1.82, 2.24) is 19.9 Å². The van der Waals surface area contributed by atoms with Gasteiger partial charge >= 0.3 is 0 Å². The summed E-state index contributed by atoms with van der Waals surface area (Å²) in [6.45, 7) is 1.47. The van der Waals surface area contributed by atoms with Crippen molar-refractivity contribution in [2.24, 2.45) is 0 Å². The molecule has 1 amide bonds. The topological polar surface area (TPSA) is 146 Å². The molecule has 0 bridgehead atoms. The van der Waals surface area contributed by atoms with E-state index in [4.69, 9.17) is 11.0 Å². The van der Waals surface area contributed by atoms with Gasteiger partial charge in [0.1, 0.15) is 17.5 Å². The van der Waals surface area contributed by atoms with Crippen molar-refractivity contribution in [2.75, 3.05) is 34.4 Å². The average Bonchev–Trinajstić information content (AvgIpc) is 2.90. The lowest BCUT2D eigenvalue weighted by molar-refractivity contribution is -0.107. The van der Waals surface area contributed by atoms with Crippen molar-refractivity contribution in [2.45, 2.75) is 6.54 Å². The molecular weight excluding hydrogens is 522 g/mol. The number of benzene rings is 2. The Morgan fingerprint density at radius 1 is 1.03 bits per heavy atom. The highest BCUT2D eigenvalue weighted by Gasteiger charge is 2.09. The minimum Gasteiger partial charge on any atom is -0.382 e. The van der Waals surface area contributed by atoms with E-state index in [9.17, 15) is 4.79 Å². The lowest BCUT2D eigenvalue weighted by atomic mass is 10.1. The van der Waals surface area contributed by atoms with Gasteiger partial charge < -0.3 is 21.3 Å². The number of aromatic nitrogens is 4. The quantitative estimate of drug-likeness (QED) is 0.200. The Bertz CT molecular complexity index is 1390. The fourth-order valence-electron chi connectivity index (χ4n) is 3.36. The molecule has 0 aliphatic heterocycles. The molecule has 2 aromatic carbocycles. The summed E-state index contributed by atoms with van der Waals surface area (Å²) in [5.74, 6) is 0.949. The maximum Gasteiger partial charge on any atom is 0.224 e. The number of rotatable bonds is 10. The Labute approximate surface area is 216 Å². The van der Waals surface area contributed by atoms with Gasteiger partial charge in [0.05, 0.1) is 18.4 Å². The highest BCUT2D eigenvalue weighted by Crippen LogP contribution is 2.23. The van der Waals surface area contributed by atoms with Gasteiger partial charge in [-0.2, -0.15) is 10.2 Å². The molecule has 0 spiro atoms. The normalized spacial score (nSPS) is 10.3. The third-order valence-electron chi connectivity index (χ3n) is 5.15. The van der Waals surface area contributed by atoms with E-state index < -0.39 is 0 Å². The second-order valence-corrected chi connectivity index (χ2v) is 8.55. The number of nitriles is 1. The predicted molar refractivity (Wildman–Crippen MR) is 142 cm³/mol. The Balaban J connectivity index is 1.35. The zero-order valence-corrected chi connectivity index (χ0v) is 20.7. The maximum absolute atomic E-state index is 11.7. The predicted octanol–water partition coefficient (Wildman–Crippen LogP) is 3.84. The minimum atomic E-state index is 0.134. The summed E-state index contributed by atoms with van der Waals surface area (Å²) in [6, 6.07) is 19.2. The molecule has 36 heavy (non-hydrogen) atoms. The first-order valence-electron chi connectivity index (χ1n) is 11.0. The number of hydrogen-bond donors (Lipinski definition) is 3. The maximum atomic E-state index is 11.7. The fraction of sp³-hybridized carbons (Fsp3) is 0.120. The van der Waals surface area contributed by atoms with Gasteiger partial charge in [-0.15, -0.1) is 0 Å². The summed E-state index contributed by atoms with van der Waals surface area (Å²) in [7, 11) is 0. The molecule has 0 aliphatic rings. The van der Waals surface area contributed by atoms with Gasteiger partial charge in [0, 0.05) is 35.0 Å². The van der Waals surface area contributed by atoms with Crippen LogP contribution < -0.4 is 21.3 Å². The Kier molecular flexibility index (Phi) is 8.00. The first-order valence-corrected chi connectivity index (χ1v) is 11.8. The van der Waals surface area contributed by atoms with Gasteiger partial charge in [-0.05, 0) is 35.9 Å². The van der Waals surface area contributed by atoms with Crippen molar-refractivity contribution in [3.05, 3.63) is 82.6 Å². The van der Waals surface area contributed by atoms with Crippen molar-refractivity contribution < 1.29 is 4.79 Å². The summed E-state index contributed by atoms with van der Waals surface area (Å²) in [5, 5.41) is 15.1. The van der Waals surface area contributed by atoms with Crippen LogP contribution in [0.15, 0.2) is 71.5 Å². The second-order valence-electron chi connectivity index (χ2n) is 7.63. The van der Waals surface area contributed by atoms with Crippen molar-refractivity contribution in [3.8, 4) is 17.3 Å². The average molecular weight is 544 g/mol. The zero-order chi connectivity index (χ0) is 25.3. The van der Waals surface area contributed by atoms with E-state index in [1.165, 1.54) is 6.20 Å². The molecule has 0 unspecified atom stereocenters. The highest BCUT2D eigenvalue weighted by molar-refractivity contribution is 9.10. The minimum absolute atomic E-state index is 0.134. The SMILES string of the molecule is N#Cc1cnc(NCCNc2nccc(-c3ccc(N(C=O)Cc4cccc(Br)c4)cc3)n2)nc1N. The van der Waals surface area contributed by atoms with Crippen LogP contribution >= 0.6 is 15.9 Å². The molecule has 4 aromatic rings. The zero-order valence-electron chi connectivity index (χ0n) is 19.1. The molecule has 4 rings (SSSR count). The second kappa shape index (κ2) is 11.7. The number of carbonyl (C=O) groups excluding carboxylic acids is 1. The van der Waals surface area contributed by atoms with Gasteiger partial charge in [0.25, 0.3) is 0 Å². The van der Waals surface area contributed by atoms with Crippen LogP contribution in [-0.4, -0.2) is 39.4 Å². The number of carbonyl (C=O) groups is 1. The molecule has 0 radical (unpaired) electrons. The van der Waals surface area contributed by atoms with Crippen LogP contribution in [0.25, 0.3) is 11.3 Å². The van der Waals surface area contributed by atoms with Crippen LogP contribution in [0.1, 0.15) is 11.1 Å². The van der Waals surface area contributed by atoms with Crippen LogP contribution in [0.5, 0.6) is 0 Å². The number of nitrogen functional groups attached to an aromatic ring is 1. The first-order chi connectivity index (χ1) is 17.6. The molecule has 0 atom stereocenters. The van der Waals surface area contributed by atoms with Gasteiger partial charge in [0.2, 0.25) is 18.3 Å². The van der Waals surface area contributed by atoms with Crippen LogP contribution in [0.3, 0.4) is 0 Å². The lowest BCUT2D eigenvalue weighted by Gasteiger charge is -2.18. The summed E-state index contributed by atoms with van der Waals surface area (Å²) in [6.07, 6.45) is 3.89. The fourth-order valence-corrected chi connectivity index (χ4v) is 3.81.